The molecular weight excluding hydrogens is 719 g/mol. The molecule has 0 bridgehead atoms. The van der Waals surface area contributed by atoms with E-state index in [2.05, 4.69) is 169 Å². The highest BCUT2D eigenvalue weighted by Crippen LogP contribution is 2.26. The monoisotopic (exact) mass is 758 g/mol. The van der Waals surface area contributed by atoms with Crippen LogP contribution in [0.5, 0.6) is 0 Å². The van der Waals surface area contributed by atoms with Crippen molar-refractivity contribution < 1.29 is 66.9 Å². The van der Waals surface area contributed by atoms with Gasteiger partial charge >= 0.3 is 0 Å². The quantitative estimate of drug-likeness (QED) is 0.131. The highest BCUT2D eigenvalue weighted by atomic mass is 35.7. The van der Waals surface area contributed by atoms with Gasteiger partial charge < -0.3 is 0 Å². The standard InChI is InChI=1S/C41H40N2.2ClHO4/c1-42-38(34-20-10-4-11-21-34)28-32(29-39(42)35-22-12-5-13-23-35)18-8-3-9-19-33-30-40(36-24-14-6-15-25-36)43(2)41(31-33)37-26-16-7-17-27-37;2*2-1(3,4)5/h4-7,10-17,20-31H,3,8-9,18-19H2,1-2H3;2*(H,2,3,4,5)/q+2;;/p-2. The number of benzene rings is 4. The minimum atomic E-state index is -4.94. The second-order valence-electron chi connectivity index (χ2n) is 12.2. The van der Waals surface area contributed by atoms with Gasteiger partial charge in [-0.15, -0.1) is 20.5 Å². The van der Waals surface area contributed by atoms with Crippen LogP contribution in [-0.2, 0) is 26.9 Å². The summed E-state index contributed by atoms with van der Waals surface area (Å²) in [5, 5.41) is 0. The lowest BCUT2D eigenvalue weighted by Gasteiger charge is -2.17. The summed E-state index contributed by atoms with van der Waals surface area (Å²) in [4.78, 5) is 0. The van der Waals surface area contributed by atoms with Gasteiger partial charge in [-0.1, -0.05) is 79.2 Å². The van der Waals surface area contributed by atoms with E-state index in [1.165, 1.54) is 75.4 Å². The lowest BCUT2D eigenvalue weighted by molar-refractivity contribution is -2.00. The smallest absolute Gasteiger partial charge is 0.213 e. The van der Waals surface area contributed by atoms with Crippen LogP contribution >= 0.6 is 0 Å². The van der Waals surface area contributed by atoms with Gasteiger partial charge in [-0.2, -0.15) is 9.13 Å². The zero-order chi connectivity index (χ0) is 38.4. The highest BCUT2D eigenvalue weighted by molar-refractivity contribution is 5.64. The Labute approximate surface area is 313 Å². The van der Waals surface area contributed by atoms with Gasteiger partial charge in [0.25, 0.3) is 0 Å². The van der Waals surface area contributed by atoms with Gasteiger partial charge in [-0.05, 0) is 85.3 Å². The summed E-state index contributed by atoms with van der Waals surface area (Å²) in [5.74, 6) is 0. The average Bonchev–Trinajstić information content (AvgIpc) is 3.12. The van der Waals surface area contributed by atoms with Crippen LogP contribution in [0, 0.1) is 20.5 Å². The number of nitrogens with zero attached hydrogens (tertiary/aromatic N) is 2. The zero-order valence-electron chi connectivity index (χ0n) is 29.3. The Morgan fingerprint density at radius 2 is 0.566 bits per heavy atom. The maximum atomic E-state index is 8.49. The molecule has 0 saturated carbocycles. The Morgan fingerprint density at radius 1 is 0.358 bits per heavy atom. The van der Waals surface area contributed by atoms with E-state index in [0.717, 1.165) is 12.8 Å². The lowest BCUT2D eigenvalue weighted by atomic mass is 9.98. The van der Waals surface area contributed by atoms with Gasteiger partial charge in [0.15, 0.2) is 0 Å². The summed E-state index contributed by atoms with van der Waals surface area (Å²) in [6.07, 6.45) is 5.70. The molecule has 0 atom stereocenters. The molecule has 0 aliphatic rings. The molecule has 0 N–H and O–H groups in total. The van der Waals surface area contributed by atoms with E-state index in [-0.39, 0.29) is 0 Å². The van der Waals surface area contributed by atoms with E-state index in [4.69, 9.17) is 37.3 Å². The first-order valence-corrected chi connectivity index (χ1v) is 19.2. The van der Waals surface area contributed by atoms with Crippen molar-refractivity contribution in [2.24, 2.45) is 14.1 Å². The predicted octanol–water partition coefficient (Wildman–Crippen LogP) is -0.553. The van der Waals surface area contributed by atoms with E-state index < -0.39 is 20.5 Å². The largest absolute Gasteiger partial charge is 0.222 e. The topological polar surface area (TPSA) is 192 Å². The molecule has 6 aromatic rings. The van der Waals surface area contributed by atoms with Crippen molar-refractivity contribution in [1.82, 2.24) is 0 Å². The molecule has 0 fully saturated rings. The number of aromatic nitrogens is 2. The van der Waals surface area contributed by atoms with E-state index in [9.17, 15) is 0 Å². The van der Waals surface area contributed by atoms with E-state index >= 15 is 0 Å². The maximum Gasteiger partial charge on any atom is 0.213 e. The number of pyridine rings is 2. The molecule has 0 aliphatic heterocycles. The van der Waals surface area contributed by atoms with Crippen LogP contribution in [0.3, 0.4) is 0 Å². The molecule has 12 heteroatoms. The van der Waals surface area contributed by atoms with Gasteiger partial charge in [-0.3, -0.25) is 0 Å². The minimum absolute atomic E-state index is 1.08. The number of hydrogen-bond acceptors (Lipinski definition) is 8. The van der Waals surface area contributed by atoms with E-state index in [0.29, 0.717) is 0 Å². The van der Waals surface area contributed by atoms with Crippen LogP contribution in [0.2, 0.25) is 0 Å². The summed E-state index contributed by atoms with van der Waals surface area (Å²) >= 11 is 0. The predicted molar refractivity (Wildman–Crippen MR) is 178 cm³/mol. The summed E-state index contributed by atoms with van der Waals surface area (Å²) in [6, 6.07) is 52.6. The Hall–Kier alpha value is -4.56. The fourth-order valence-corrected chi connectivity index (χ4v) is 6.10. The van der Waals surface area contributed by atoms with Gasteiger partial charge in [0, 0.05) is 46.5 Å². The Balaban J connectivity index is 0.000000556. The van der Waals surface area contributed by atoms with Crippen molar-refractivity contribution in [3.05, 3.63) is 157 Å². The Kier molecular flexibility index (Phi) is 15.2. The zero-order valence-corrected chi connectivity index (χ0v) is 30.8. The van der Waals surface area contributed by atoms with Gasteiger partial charge in [0.2, 0.25) is 22.8 Å². The maximum absolute atomic E-state index is 8.49. The third-order valence-electron chi connectivity index (χ3n) is 8.44. The highest BCUT2D eigenvalue weighted by Gasteiger charge is 2.20. The van der Waals surface area contributed by atoms with Crippen molar-refractivity contribution in [3.8, 4) is 45.0 Å². The van der Waals surface area contributed by atoms with Crippen molar-refractivity contribution in [2.45, 2.75) is 32.1 Å². The second-order valence-corrected chi connectivity index (χ2v) is 13.7. The van der Waals surface area contributed by atoms with Crippen molar-refractivity contribution >= 4 is 0 Å². The normalized spacial score (nSPS) is 11.2. The fraction of sp³-hybridized carbons (Fsp3) is 0.171. The summed E-state index contributed by atoms with van der Waals surface area (Å²) < 4.78 is 72.6. The van der Waals surface area contributed by atoms with Crippen LogP contribution in [0.15, 0.2) is 146 Å². The second kappa shape index (κ2) is 19.5. The third kappa shape index (κ3) is 14.1. The van der Waals surface area contributed by atoms with Crippen LogP contribution in [-0.4, -0.2) is 0 Å². The average molecular weight is 760 g/mol. The molecule has 0 unspecified atom stereocenters. The molecule has 4 aromatic carbocycles. The molecule has 0 amide bonds. The number of rotatable bonds is 10. The van der Waals surface area contributed by atoms with Crippen LogP contribution in [0.25, 0.3) is 45.0 Å². The van der Waals surface area contributed by atoms with Crippen LogP contribution in [0.4, 0.5) is 0 Å². The number of hydrogen-bond donors (Lipinski definition) is 0. The Bertz CT molecular complexity index is 1730. The molecular formula is C41H40Cl2N2O8. The van der Waals surface area contributed by atoms with Crippen molar-refractivity contribution in [2.75, 3.05) is 0 Å². The van der Waals surface area contributed by atoms with Gasteiger partial charge in [0.05, 0.1) is 0 Å². The molecule has 2 heterocycles. The summed E-state index contributed by atoms with van der Waals surface area (Å²) in [5.41, 5.74) is 12.9. The molecule has 276 valence electrons. The number of aryl methyl sites for hydroxylation is 2. The molecule has 0 spiro atoms. The molecule has 6 rings (SSSR count). The summed E-state index contributed by atoms with van der Waals surface area (Å²) in [6.45, 7) is 0. The van der Waals surface area contributed by atoms with Gasteiger partial charge in [-0.25, -0.2) is 37.3 Å². The first kappa shape index (κ1) is 41.2. The molecule has 0 saturated heterocycles. The number of unbranched alkanes of at least 4 members (excludes halogenated alkanes) is 2. The number of halogens is 2. The van der Waals surface area contributed by atoms with Gasteiger partial charge in [0.1, 0.15) is 14.1 Å². The van der Waals surface area contributed by atoms with Crippen molar-refractivity contribution in [3.63, 3.8) is 0 Å². The SMILES string of the molecule is C[n+]1c(-c2ccccc2)cc(CCCCCc2cc(-c3ccccc3)[n+](C)c(-c3ccccc3)c2)cc1-c1ccccc1.[O-][Cl+3]([O-])([O-])[O-].[O-][Cl+3]([O-])([O-])[O-]. The van der Waals surface area contributed by atoms with Crippen LogP contribution < -0.4 is 46.4 Å². The van der Waals surface area contributed by atoms with E-state index in [1.807, 2.05) is 0 Å². The molecule has 53 heavy (non-hydrogen) atoms. The first-order valence-electron chi connectivity index (χ1n) is 16.7. The molecule has 0 aliphatic carbocycles. The summed E-state index contributed by atoms with van der Waals surface area (Å²) in [7, 11) is -5.52. The molecule has 2 aromatic heterocycles. The fourth-order valence-electron chi connectivity index (χ4n) is 6.10. The van der Waals surface area contributed by atoms with Crippen LogP contribution in [0.1, 0.15) is 30.4 Å². The third-order valence-corrected chi connectivity index (χ3v) is 8.44. The van der Waals surface area contributed by atoms with E-state index in [1.54, 1.807) is 0 Å². The lowest BCUT2D eigenvalue weighted by Crippen LogP contribution is -2.68. The first-order chi connectivity index (χ1) is 25.2. The minimum Gasteiger partial charge on any atom is -0.222 e. The Morgan fingerprint density at radius 3 is 0.774 bits per heavy atom. The molecule has 0 radical (unpaired) electrons. The molecule has 10 nitrogen and oxygen atoms in total. The van der Waals surface area contributed by atoms with Crippen molar-refractivity contribution in [1.29, 1.82) is 0 Å².